The summed E-state index contributed by atoms with van der Waals surface area (Å²) in [6.45, 7) is 5.01. The minimum atomic E-state index is 0.805. The molecule has 16 heavy (non-hydrogen) atoms. The summed E-state index contributed by atoms with van der Waals surface area (Å²) >= 11 is 0. The van der Waals surface area contributed by atoms with Gasteiger partial charge in [0.2, 0.25) is 0 Å². The van der Waals surface area contributed by atoms with Crippen LogP contribution in [0.5, 0.6) is 0 Å². The van der Waals surface area contributed by atoms with E-state index in [0.717, 1.165) is 36.7 Å². The van der Waals surface area contributed by atoms with Gasteiger partial charge in [0, 0.05) is 6.61 Å². The van der Waals surface area contributed by atoms with Crippen LogP contribution in [0, 0.1) is 0 Å². The van der Waals surface area contributed by atoms with Crippen LogP contribution in [-0.4, -0.2) is 34.9 Å². The average molecular weight is 237 g/mol. The molecule has 2 nitrogen and oxygen atoms in total. The van der Waals surface area contributed by atoms with Gasteiger partial charge in [0.05, 0.1) is 17.1 Å². The van der Waals surface area contributed by atoms with Crippen molar-refractivity contribution >= 4 is 10.4 Å². The van der Waals surface area contributed by atoms with Gasteiger partial charge in [-0.15, -0.1) is 0 Å². The Morgan fingerprint density at radius 1 is 1.25 bits per heavy atom. The second kappa shape index (κ2) is 8.50. The Hall–Kier alpha value is -0.643. The van der Waals surface area contributed by atoms with Gasteiger partial charge in [0.15, 0.2) is 0 Å². The zero-order valence-corrected chi connectivity index (χ0v) is 12.5. The van der Waals surface area contributed by atoms with E-state index < -0.39 is 0 Å². The SMILES string of the molecule is CCCCOCN([SiH3])CCc1ccccc1. The minimum absolute atomic E-state index is 0.805. The molecule has 0 bridgehead atoms. The van der Waals surface area contributed by atoms with Crippen LogP contribution in [0.4, 0.5) is 0 Å². The normalized spacial score (nSPS) is 11.1. The fourth-order valence-electron chi connectivity index (χ4n) is 1.50. The number of rotatable bonds is 8. The van der Waals surface area contributed by atoms with Crippen molar-refractivity contribution in [2.75, 3.05) is 19.9 Å². The third-order valence-electron chi connectivity index (χ3n) is 2.58. The maximum Gasteiger partial charge on any atom is 0.0924 e. The Bertz CT molecular complexity index is 266. The number of hydrogen-bond donors (Lipinski definition) is 0. The molecule has 0 aliphatic rings. The standard InChI is InChI=1S/C13H23NOSi/c1-2-3-11-15-12-14(16)10-9-13-7-5-4-6-8-13/h4-8H,2-3,9-12H2,1,16H3. The topological polar surface area (TPSA) is 12.5 Å². The van der Waals surface area contributed by atoms with Crippen molar-refractivity contribution in [2.45, 2.75) is 26.2 Å². The molecule has 0 saturated carbocycles. The molecule has 1 aromatic rings. The van der Waals surface area contributed by atoms with E-state index in [1.165, 1.54) is 18.4 Å². The van der Waals surface area contributed by atoms with Crippen molar-refractivity contribution in [1.29, 1.82) is 0 Å². The molecule has 0 amide bonds. The molecular weight excluding hydrogens is 214 g/mol. The highest BCUT2D eigenvalue weighted by Gasteiger charge is 1.98. The van der Waals surface area contributed by atoms with Gasteiger partial charge in [-0.1, -0.05) is 43.7 Å². The number of benzene rings is 1. The van der Waals surface area contributed by atoms with Gasteiger partial charge in [0.1, 0.15) is 0 Å². The molecule has 0 radical (unpaired) electrons. The zero-order valence-electron chi connectivity index (χ0n) is 10.5. The fraction of sp³-hybridized carbons (Fsp3) is 0.538. The Balaban J connectivity index is 2.08. The molecule has 0 spiro atoms. The summed E-state index contributed by atoms with van der Waals surface area (Å²) in [7, 11) is 1.08. The van der Waals surface area contributed by atoms with E-state index in [0.29, 0.717) is 0 Å². The first-order chi connectivity index (χ1) is 7.83. The smallest absolute Gasteiger partial charge is 0.0924 e. The molecule has 0 heterocycles. The summed E-state index contributed by atoms with van der Waals surface area (Å²) < 4.78 is 7.95. The van der Waals surface area contributed by atoms with Crippen LogP contribution in [0.2, 0.25) is 0 Å². The zero-order chi connectivity index (χ0) is 11.6. The van der Waals surface area contributed by atoms with Gasteiger partial charge in [-0.2, -0.15) is 0 Å². The summed E-state index contributed by atoms with van der Waals surface area (Å²) in [5, 5.41) is 0. The lowest BCUT2D eigenvalue weighted by molar-refractivity contribution is 0.0706. The highest BCUT2D eigenvalue weighted by atomic mass is 28.2. The Morgan fingerprint density at radius 2 is 2.00 bits per heavy atom. The van der Waals surface area contributed by atoms with Gasteiger partial charge < -0.3 is 9.30 Å². The molecule has 0 aliphatic carbocycles. The molecule has 0 unspecified atom stereocenters. The Labute approximate surface area is 102 Å². The number of unbranched alkanes of at least 4 members (excludes halogenated alkanes) is 1. The van der Waals surface area contributed by atoms with Crippen LogP contribution >= 0.6 is 0 Å². The highest BCUT2D eigenvalue weighted by Crippen LogP contribution is 2.00. The lowest BCUT2D eigenvalue weighted by Gasteiger charge is -2.16. The number of ether oxygens (including phenoxy) is 1. The molecule has 0 N–H and O–H groups in total. The molecule has 0 saturated heterocycles. The summed E-state index contributed by atoms with van der Waals surface area (Å²) in [5.74, 6) is 0. The van der Waals surface area contributed by atoms with Crippen molar-refractivity contribution in [2.24, 2.45) is 0 Å². The van der Waals surface area contributed by atoms with Gasteiger partial charge >= 0.3 is 0 Å². The first kappa shape index (κ1) is 13.4. The largest absolute Gasteiger partial charge is 0.367 e. The summed E-state index contributed by atoms with van der Waals surface area (Å²) in [5.41, 5.74) is 1.41. The van der Waals surface area contributed by atoms with Crippen molar-refractivity contribution in [1.82, 2.24) is 4.57 Å². The van der Waals surface area contributed by atoms with E-state index in [1.807, 2.05) is 0 Å². The second-order valence-corrected chi connectivity index (χ2v) is 5.47. The highest BCUT2D eigenvalue weighted by molar-refractivity contribution is 6.04. The summed E-state index contributed by atoms with van der Waals surface area (Å²) in [6, 6.07) is 10.6. The average Bonchev–Trinajstić information content (AvgIpc) is 2.33. The number of nitrogens with zero attached hydrogens (tertiary/aromatic N) is 1. The van der Waals surface area contributed by atoms with E-state index in [9.17, 15) is 0 Å². The van der Waals surface area contributed by atoms with Crippen LogP contribution < -0.4 is 0 Å². The first-order valence-electron chi connectivity index (χ1n) is 6.13. The van der Waals surface area contributed by atoms with E-state index in [-0.39, 0.29) is 0 Å². The minimum Gasteiger partial charge on any atom is -0.367 e. The van der Waals surface area contributed by atoms with E-state index in [1.54, 1.807) is 0 Å². The van der Waals surface area contributed by atoms with Gasteiger partial charge in [0.25, 0.3) is 0 Å². The van der Waals surface area contributed by atoms with Crippen LogP contribution in [0.3, 0.4) is 0 Å². The van der Waals surface area contributed by atoms with Gasteiger partial charge in [-0.25, -0.2) is 0 Å². The Kier molecular flexibility index (Phi) is 7.13. The first-order valence-corrected chi connectivity index (χ1v) is 7.02. The number of hydrogen-bond acceptors (Lipinski definition) is 2. The van der Waals surface area contributed by atoms with Gasteiger partial charge in [-0.3, -0.25) is 0 Å². The van der Waals surface area contributed by atoms with Crippen LogP contribution in [-0.2, 0) is 11.2 Å². The molecule has 1 aromatic carbocycles. The van der Waals surface area contributed by atoms with Crippen molar-refractivity contribution in [3.8, 4) is 0 Å². The molecular formula is C13H23NOSi. The quantitative estimate of drug-likeness (QED) is 0.387. The lowest BCUT2D eigenvalue weighted by atomic mass is 10.1. The predicted octanol–water partition coefficient (Wildman–Crippen LogP) is 1.59. The third kappa shape index (κ3) is 6.05. The Morgan fingerprint density at radius 3 is 2.69 bits per heavy atom. The monoisotopic (exact) mass is 237 g/mol. The maximum atomic E-state index is 5.58. The third-order valence-corrected chi connectivity index (χ3v) is 3.28. The van der Waals surface area contributed by atoms with Crippen LogP contribution in [0.25, 0.3) is 0 Å². The molecule has 0 atom stereocenters. The maximum absolute atomic E-state index is 5.58. The lowest BCUT2D eigenvalue weighted by Crippen LogP contribution is -2.26. The van der Waals surface area contributed by atoms with E-state index in [4.69, 9.17) is 4.74 Å². The van der Waals surface area contributed by atoms with Crippen molar-refractivity contribution in [3.05, 3.63) is 35.9 Å². The van der Waals surface area contributed by atoms with Gasteiger partial charge in [-0.05, 0) is 24.9 Å². The molecule has 90 valence electrons. The molecule has 1 rings (SSSR count). The summed E-state index contributed by atoms with van der Waals surface area (Å²) in [4.78, 5) is 0. The van der Waals surface area contributed by atoms with Crippen LogP contribution in [0.15, 0.2) is 30.3 Å². The van der Waals surface area contributed by atoms with Crippen molar-refractivity contribution in [3.63, 3.8) is 0 Å². The van der Waals surface area contributed by atoms with Crippen LogP contribution in [0.1, 0.15) is 25.3 Å². The van der Waals surface area contributed by atoms with E-state index >= 15 is 0 Å². The molecule has 0 aromatic heterocycles. The second-order valence-electron chi connectivity index (χ2n) is 4.21. The summed E-state index contributed by atoms with van der Waals surface area (Å²) in [6.07, 6.45) is 3.51. The van der Waals surface area contributed by atoms with E-state index in [2.05, 4.69) is 41.8 Å². The predicted molar refractivity (Wildman–Crippen MR) is 72.5 cm³/mol. The molecule has 3 heteroatoms. The molecule has 0 aliphatic heterocycles. The molecule has 0 fully saturated rings. The fourth-order valence-corrected chi connectivity index (χ4v) is 1.90. The van der Waals surface area contributed by atoms with Crippen molar-refractivity contribution < 1.29 is 4.74 Å².